The minimum atomic E-state index is -5.06. The number of halogens is 3. The van der Waals surface area contributed by atoms with E-state index in [1.165, 1.54) is 36.1 Å². The highest BCUT2D eigenvalue weighted by atomic mass is 19.4. The molecule has 2 unspecified atom stereocenters. The van der Waals surface area contributed by atoms with Gasteiger partial charge in [0, 0.05) is 55.0 Å². The number of hydrogen-bond donors (Lipinski definition) is 2. The number of benzene rings is 3. The molecule has 2 N–H and O–H groups in total. The zero-order chi connectivity index (χ0) is 33.8. The van der Waals surface area contributed by atoms with Gasteiger partial charge in [0.15, 0.2) is 11.5 Å². The second-order valence-electron chi connectivity index (χ2n) is 11.5. The van der Waals surface area contributed by atoms with Gasteiger partial charge in [-0.15, -0.1) is 0 Å². The highest BCUT2D eigenvalue weighted by Crippen LogP contribution is 2.44. The fraction of sp³-hybridized carbons (Fsp3) is 0.324. The number of aliphatic hydroxyl groups is 1. The third-order valence-corrected chi connectivity index (χ3v) is 8.31. The van der Waals surface area contributed by atoms with E-state index in [-0.39, 0.29) is 47.9 Å². The predicted molar refractivity (Wildman–Crippen MR) is 168 cm³/mol. The van der Waals surface area contributed by atoms with Gasteiger partial charge in [0.05, 0.1) is 17.5 Å². The van der Waals surface area contributed by atoms with Crippen LogP contribution in [0.1, 0.15) is 36.0 Å². The number of β-amino-alcohol motifs (C(OH)–C–C–N with tert-alkyl or cyclic N) is 1. The molecule has 1 aliphatic rings. The van der Waals surface area contributed by atoms with Gasteiger partial charge in [-0.2, -0.15) is 13.2 Å². The van der Waals surface area contributed by atoms with Crippen LogP contribution in [0, 0.1) is 10.1 Å². The monoisotopic (exact) mass is 653 g/mol. The molecule has 0 radical (unpaired) electrons. The average molecular weight is 654 g/mol. The lowest BCUT2D eigenvalue weighted by Crippen LogP contribution is -2.51. The summed E-state index contributed by atoms with van der Waals surface area (Å²) in [7, 11) is 1.45. The zero-order valence-electron chi connectivity index (χ0n) is 25.5. The van der Waals surface area contributed by atoms with E-state index in [2.05, 4.69) is 0 Å². The van der Waals surface area contributed by atoms with Crippen LogP contribution in [-0.4, -0.2) is 69.6 Å². The van der Waals surface area contributed by atoms with Crippen LogP contribution in [0.4, 0.5) is 18.9 Å². The molecule has 1 saturated heterocycles. The summed E-state index contributed by atoms with van der Waals surface area (Å²) in [6, 6.07) is 17.6. The Balaban J connectivity index is 1.39. The molecule has 1 aliphatic heterocycles. The number of methoxy groups -OCH3 is 1. The number of nitrogens with zero attached hydrogens (tertiary/aromatic N) is 3. The Morgan fingerprint density at radius 2 is 1.83 bits per heavy atom. The first-order valence-electron chi connectivity index (χ1n) is 15.0. The van der Waals surface area contributed by atoms with Crippen LogP contribution >= 0.6 is 0 Å². The molecule has 0 amide bonds. The second-order valence-corrected chi connectivity index (χ2v) is 11.5. The van der Waals surface area contributed by atoms with E-state index in [1.807, 2.05) is 6.07 Å². The van der Waals surface area contributed by atoms with Crippen LogP contribution in [-0.2, 0) is 16.9 Å². The number of rotatable bonds is 11. The van der Waals surface area contributed by atoms with Gasteiger partial charge in [-0.1, -0.05) is 36.4 Å². The van der Waals surface area contributed by atoms with E-state index < -0.39 is 29.2 Å². The third kappa shape index (κ3) is 7.58. The molecule has 0 spiro atoms. The molecule has 4 aromatic rings. The molecule has 0 saturated carbocycles. The number of aromatic nitrogens is 1. The Kier molecular flexibility index (Phi) is 9.87. The van der Waals surface area contributed by atoms with Gasteiger partial charge in [-0.3, -0.25) is 15.0 Å². The lowest BCUT2D eigenvalue weighted by atomic mass is 9.91. The van der Waals surface area contributed by atoms with Gasteiger partial charge >= 0.3 is 12.1 Å². The van der Waals surface area contributed by atoms with Crippen molar-refractivity contribution in [3.63, 3.8) is 0 Å². The molecule has 13 heteroatoms. The summed E-state index contributed by atoms with van der Waals surface area (Å²) in [6.07, 6.45) is -0.315. The summed E-state index contributed by atoms with van der Waals surface area (Å²) in [5.41, 5.74) is -2.33. The van der Waals surface area contributed by atoms with E-state index in [0.29, 0.717) is 36.3 Å². The van der Waals surface area contributed by atoms with Crippen LogP contribution in [0.3, 0.4) is 0 Å². The van der Waals surface area contributed by atoms with Crippen molar-refractivity contribution in [2.75, 3.05) is 26.7 Å². The molecular formula is C34H34F3N3O7. The zero-order valence-corrected chi connectivity index (χ0v) is 25.5. The van der Waals surface area contributed by atoms with Crippen molar-refractivity contribution in [2.45, 2.75) is 43.7 Å². The Hall–Kier alpha value is -4.88. The minimum absolute atomic E-state index is 0.0797. The van der Waals surface area contributed by atoms with Gasteiger partial charge in [0.1, 0.15) is 6.10 Å². The van der Waals surface area contributed by atoms with Crippen LogP contribution in [0.25, 0.3) is 17.0 Å². The van der Waals surface area contributed by atoms with Gasteiger partial charge in [0.25, 0.3) is 5.69 Å². The summed E-state index contributed by atoms with van der Waals surface area (Å²) in [5, 5.41) is 32.1. The molecule has 3 aromatic carbocycles. The SMILES string of the molecule is COc1cc(/C=C/C(=O)O)ccc1OC1CCCN(CC(O)(c2cn(Cc3ccccc3)c3cc([N+](=O)[O-])ccc23)C(F)(F)F)CC1. The van der Waals surface area contributed by atoms with Gasteiger partial charge < -0.3 is 24.3 Å². The first-order valence-corrected chi connectivity index (χ1v) is 15.0. The highest BCUT2D eigenvalue weighted by molar-refractivity contribution is 5.87. The predicted octanol–water partition coefficient (Wildman–Crippen LogP) is 6.39. The quantitative estimate of drug-likeness (QED) is 0.108. The molecule has 0 aliphatic carbocycles. The molecule has 5 rings (SSSR count). The number of ether oxygens (including phenoxy) is 2. The van der Waals surface area contributed by atoms with E-state index >= 15 is 0 Å². The largest absolute Gasteiger partial charge is 0.493 e. The van der Waals surface area contributed by atoms with Crippen molar-refractivity contribution in [3.8, 4) is 11.5 Å². The van der Waals surface area contributed by atoms with Gasteiger partial charge in [0.2, 0.25) is 5.60 Å². The second kappa shape index (κ2) is 13.9. The number of non-ortho nitro benzene ring substituents is 1. The lowest BCUT2D eigenvalue weighted by molar-refractivity contribution is -0.384. The van der Waals surface area contributed by atoms with Crippen LogP contribution in [0.15, 0.2) is 79.0 Å². The molecule has 0 bridgehead atoms. The molecular weight excluding hydrogens is 619 g/mol. The molecule has 1 aromatic heterocycles. The fourth-order valence-electron chi connectivity index (χ4n) is 5.92. The first kappa shape index (κ1) is 33.5. The van der Waals surface area contributed by atoms with Crippen LogP contribution in [0.2, 0.25) is 0 Å². The van der Waals surface area contributed by atoms with Gasteiger partial charge in [-0.25, -0.2) is 4.79 Å². The molecule has 248 valence electrons. The number of fused-ring (bicyclic) bond motifs is 1. The number of carboxylic acids is 1. The maximum atomic E-state index is 14.9. The molecule has 2 atom stereocenters. The first-order chi connectivity index (χ1) is 22.4. The summed E-state index contributed by atoms with van der Waals surface area (Å²) < 4.78 is 57.9. The molecule has 2 heterocycles. The molecule has 10 nitrogen and oxygen atoms in total. The number of nitro groups is 1. The van der Waals surface area contributed by atoms with E-state index in [1.54, 1.807) is 47.4 Å². The summed E-state index contributed by atoms with van der Waals surface area (Å²) >= 11 is 0. The number of aliphatic carboxylic acids is 1. The summed E-state index contributed by atoms with van der Waals surface area (Å²) in [5.74, 6) is -0.283. The number of alkyl halides is 3. The average Bonchev–Trinajstić information content (AvgIpc) is 3.25. The van der Waals surface area contributed by atoms with Crippen molar-refractivity contribution in [1.82, 2.24) is 9.47 Å². The standard InChI is InChI=1S/C34H34F3N3O7/c1-46-31-18-23(10-14-32(41)42)9-13-30(31)47-26-8-5-16-38(17-15-26)22-33(43,34(35,36)37)28-21-39(20-24-6-3-2-4-7-24)29-19-25(40(44)45)11-12-27(28)29/h2-4,6-7,9-14,18-19,21,26,43H,5,8,15-17,20,22H2,1H3,(H,41,42)/b14-10+. The molecule has 47 heavy (non-hydrogen) atoms. The van der Waals surface area contributed by atoms with Crippen molar-refractivity contribution < 1.29 is 42.6 Å². The summed E-state index contributed by atoms with van der Waals surface area (Å²) in [4.78, 5) is 23.3. The van der Waals surface area contributed by atoms with Crippen molar-refractivity contribution in [1.29, 1.82) is 0 Å². The number of likely N-dealkylation sites (tertiary alicyclic amines) is 1. The van der Waals surface area contributed by atoms with Crippen molar-refractivity contribution in [2.24, 2.45) is 0 Å². The van der Waals surface area contributed by atoms with Gasteiger partial charge in [-0.05, 0) is 61.2 Å². The number of nitro benzene ring substituents is 1. The Labute approximate surface area is 268 Å². The molecule has 1 fully saturated rings. The topological polar surface area (TPSA) is 127 Å². The Bertz CT molecular complexity index is 1770. The smallest absolute Gasteiger partial charge is 0.422 e. The van der Waals surface area contributed by atoms with Crippen molar-refractivity contribution in [3.05, 3.63) is 106 Å². The Morgan fingerprint density at radius 3 is 2.51 bits per heavy atom. The van der Waals surface area contributed by atoms with Crippen LogP contribution < -0.4 is 9.47 Å². The number of hydrogen-bond acceptors (Lipinski definition) is 7. The van der Waals surface area contributed by atoms with Crippen LogP contribution in [0.5, 0.6) is 11.5 Å². The fourth-order valence-corrected chi connectivity index (χ4v) is 5.92. The number of carboxylic acid groups (broad SMARTS) is 1. The van der Waals surface area contributed by atoms with Crippen molar-refractivity contribution >= 4 is 28.6 Å². The summed E-state index contributed by atoms with van der Waals surface area (Å²) in [6.45, 7) is -0.102. The van der Waals surface area contributed by atoms with E-state index in [0.717, 1.165) is 17.7 Å². The number of carbonyl (C=O) groups is 1. The highest BCUT2D eigenvalue weighted by Gasteiger charge is 2.57. The maximum absolute atomic E-state index is 14.9. The van der Waals surface area contributed by atoms with E-state index in [9.17, 15) is 33.2 Å². The minimum Gasteiger partial charge on any atom is -0.493 e. The Morgan fingerprint density at radius 1 is 1.06 bits per heavy atom. The normalized spacial score (nSPS) is 17.3. The van der Waals surface area contributed by atoms with E-state index in [4.69, 9.17) is 14.6 Å². The maximum Gasteiger partial charge on any atom is 0.422 e. The lowest BCUT2D eigenvalue weighted by Gasteiger charge is -2.35. The third-order valence-electron chi connectivity index (χ3n) is 8.31.